The normalized spacial score (nSPS) is 10.5. The van der Waals surface area contributed by atoms with Crippen LogP contribution in [0.2, 0.25) is 0 Å². The lowest BCUT2D eigenvalue weighted by atomic mass is 10.2. The molecule has 1 N–H and O–H groups in total. The van der Waals surface area contributed by atoms with Crippen molar-refractivity contribution in [2.75, 3.05) is 6.54 Å². The number of nitrogens with one attached hydrogen (secondary N) is 1. The Bertz CT molecular complexity index is 748. The Morgan fingerprint density at radius 3 is 2.71 bits per heavy atom. The number of nitro benzene ring substituents is 1. The largest absolute Gasteiger partial charge is 0.445 e. The Balaban J connectivity index is 1.80. The van der Waals surface area contributed by atoms with Crippen molar-refractivity contribution >= 4 is 17.9 Å². The average Bonchev–Trinajstić information content (AvgIpc) is 2.57. The summed E-state index contributed by atoms with van der Waals surface area (Å²) in [6, 6.07) is 12.5. The maximum Gasteiger partial charge on any atom is 0.407 e. The van der Waals surface area contributed by atoms with Gasteiger partial charge in [0.05, 0.1) is 11.0 Å². The number of nitrogens with zero attached hydrogens (tertiary/aromatic N) is 1. The second-order valence-electron chi connectivity index (χ2n) is 4.84. The Kier molecular flexibility index (Phi) is 6.01. The van der Waals surface area contributed by atoms with E-state index in [1.165, 1.54) is 12.1 Å². The minimum Gasteiger partial charge on any atom is -0.445 e. The zero-order valence-electron chi connectivity index (χ0n) is 12.6. The second kappa shape index (κ2) is 8.42. The van der Waals surface area contributed by atoms with E-state index in [1.54, 1.807) is 6.08 Å². The molecule has 0 aliphatic carbocycles. The van der Waals surface area contributed by atoms with Crippen LogP contribution in [0.3, 0.4) is 0 Å². The highest BCUT2D eigenvalue weighted by molar-refractivity contribution is 5.67. The van der Waals surface area contributed by atoms with Crippen molar-refractivity contribution in [2.24, 2.45) is 0 Å². The maximum absolute atomic E-state index is 13.3. The predicted molar refractivity (Wildman–Crippen MR) is 86.7 cm³/mol. The van der Waals surface area contributed by atoms with Crippen molar-refractivity contribution in [3.05, 3.63) is 81.7 Å². The summed E-state index contributed by atoms with van der Waals surface area (Å²) in [5.41, 5.74) is 0.876. The highest BCUT2D eigenvalue weighted by Crippen LogP contribution is 2.17. The first kappa shape index (κ1) is 17.1. The molecule has 124 valence electrons. The SMILES string of the molecule is O=C(NCC=Cc1cc(F)cc([N+](=O)[O-])c1)OCc1ccccc1. The molecule has 6 nitrogen and oxygen atoms in total. The molecule has 24 heavy (non-hydrogen) atoms. The van der Waals surface area contributed by atoms with Crippen molar-refractivity contribution in [1.29, 1.82) is 0 Å². The van der Waals surface area contributed by atoms with Crippen molar-refractivity contribution in [3.63, 3.8) is 0 Å². The molecule has 0 radical (unpaired) electrons. The number of benzene rings is 2. The first-order valence-electron chi connectivity index (χ1n) is 7.10. The van der Waals surface area contributed by atoms with E-state index < -0.39 is 16.8 Å². The molecule has 0 aromatic heterocycles. The molecular weight excluding hydrogens is 315 g/mol. The molecule has 2 rings (SSSR count). The van der Waals surface area contributed by atoms with Crippen LogP contribution in [0.15, 0.2) is 54.6 Å². The van der Waals surface area contributed by atoms with Gasteiger partial charge in [-0.3, -0.25) is 10.1 Å². The Labute approximate surface area is 137 Å². The zero-order chi connectivity index (χ0) is 17.4. The molecule has 1 amide bonds. The van der Waals surface area contributed by atoms with Crippen molar-refractivity contribution < 1.29 is 18.8 Å². The zero-order valence-corrected chi connectivity index (χ0v) is 12.6. The molecule has 0 saturated heterocycles. The number of halogens is 1. The topological polar surface area (TPSA) is 81.5 Å². The standard InChI is InChI=1S/C17H15FN2O4/c18-15-9-14(10-16(11-15)20(22)23)7-4-8-19-17(21)24-12-13-5-2-1-3-6-13/h1-7,9-11H,8,12H2,(H,19,21). The van der Waals surface area contributed by atoms with E-state index in [9.17, 15) is 19.3 Å². The highest BCUT2D eigenvalue weighted by Gasteiger charge is 2.08. The number of nitro groups is 1. The molecular formula is C17H15FN2O4. The van der Waals surface area contributed by atoms with Gasteiger partial charge in [0.2, 0.25) is 0 Å². The van der Waals surface area contributed by atoms with Crippen LogP contribution in [0.25, 0.3) is 6.08 Å². The van der Waals surface area contributed by atoms with Gasteiger partial charge >= 0.3 is 6.09 Å². The molecule has 7 heteroatoms. The fourth-order valence-electron chi connectivity index (χ4n) is 1.91. The average molecular weight is 330 g/mol. The molecule has 0 aliphatic heterocycles. The van der Waals surface area contributed by atoms with Gasteiger partial charge in [0, 0.05) is 12.6 Å². The fraction of sp³-hybridized carbons (Fsp3) is 0.118. The number of carbonyl (C=O) groups excluding carboxylic acids is 1. The van der Waals surface area contributed by atoms with Crippen molar-refractivity contribution in [2.45, 2.75) is 6.61 Å². The van der Waals surface area contributed by atoms with Crippen molar-refractivity contribution in [1.82, 2.24) is 5.32 Å². The summed E-state index contributed by atoms with van der Waals surface area (Å²) in [6.07, 6.45) is 2.43. The lowest BCUT2D eigenvalue weighted by Crippen LogP contribution is -2.24. The van der Waals surface area contributed by atoms with Gasteiger partial charge in [0.1, 0.15) is 12.4 Å². The molecule has 0 saturated carbocycles. The molecule has 2 aromatic rings. The quantitative estimate of drug-likeness (QED) is 0.647. The number of carbonyl (C=O) groups is 1. The van der Waals surface area contributed by atoms with Gasteiger partial charge in [0.25, 0.3) is 5.69 Å². The van der Waals surface area contributed by atoms with Crippen LogP contribution in [0.4, 0.5) is 14.9 Å². The lowest BCUT2D eigenvalue weighted by molar-refractivity contribution is -0.385. The van der Waals surface area contributed by atoms with Gasteiger partial charge in [-0.1, -0.05) is 42.5 Å². The van der Waals surface area contributed by atoms with Gasteiger partial charge in [-0.15, -0.1) is 0 Å². The number of alkyl carbamates (subject to hydrolysis) is 1. The fourth-order valence-corrected chi connectivity index (χ4v) is 1.91. The number of non-ortho nitro benzene ring substituents is 1. The van der Waals surface area contributed by atoms with Crippen LogP contribution >= 0.6 is 0 Å². The summed E-state index contributed by atoms with van der Waals surface area (Å²) in [7, 11) is 0. The van der Waals surface area contributed by atoms with Crippen LogP contribution < -0.4 is 5.32 Å². The van der Waals surface area contributed by atoms with Gasteiger partial charge < -0.3 is 10.1 Å². The van der Waals surface area contributed by atoms with Crippen LogP contribution in [0.5, 0.6) is 0 Å². The van der Waals surface area contributed by atoms with E-state index in [2.05, 4.69) is 5.32 Å². The third-order valence-electron chi connectivity index (χ3n) is 3.00. The van der Waals surface area contributed by atoms with E-state index in [-0.39, 0.29) is 18.8 Å². The van der Waals surface area contributed by atoms with Crippen LogP contribution in [-0.2, 0) is 11.3 Å². The van der Waals surface area contributed by atoms with E-state index in [0.717, 1.165) is 17.7 Å². The summed E-state index contributed by atoms with van der Waals surface area (Å²) in [5, 5.41) is 13.2. The van der Waals surface area contributed by atoms with Crippen LogP contribution in [-0.4, -0.2) is 17.6 Å². The summed E-state index contributed by atoms with van der Waals surface area (Å²) < 4.78 is 18.3. The molecule has 0 aliphatic rings. The highest BCUT2D eigenvalue weighted by atomic mass is 19.1. The molecule has 2 aromatic carbocycles. The third-order valence-corrected chi connectivity index (χ3v) is 3.00. The molecule has 0 fully saturated rings. The van der Waals surface area contributed by atoms with E-state index in [1.807, 2.05) is 30.3 Å². The number of amides is 1. The van der Waals surface area contributed by atoms with Crippen LogP contribution in [0.1, 0.15) is 11.1 Å². The Hall–Kier alpha value is -3.22. The molecule has 0 bridgehead atoms. The molecule has 0 unspecified atom stereocenters. The first-order chi connectivity index (χ1) is 11.5. The monoisotopic (exact) mass is 330 g/mol. The summed E-state index contributed by atoms with van der Waals surface area (Å²) in [6.45, 7) is 0.310. The maximum atomic E-state index is 13.3. The van der Waals surface area contributed by atoms with Crippen LogP contribution in [0, 0.1) is 15.9 Å². The summed E-state index contributed by atoms with van der Waals surface area (Å²) in [4.78, 5) is 21.5. The predicted octanol–water partition coefficient (Wildman–Crippen LogP) is 3.67. The minimum atomic E-state index is -0.695. The van der Waals surface area contributed by atoms with E-state index in [4.69, 9.17) is 4.74 Å². The first-order valence-corrected chi connectivity index (χ1v) is 7.10. The number of ether oxygens (including phenoxy) is 1. The second-order valence-corrected chi connectivity index (χ2v) is 4.84. The Morgan fingerprint density at radius 2 is 2.00 bits per heavy atom. The van der Waals surface area contributed by atoms with E-state index in [0.29, 0.717) is 5.56 Å². The van der Waals surface area contributed by atoms with Gasteiger partial charge in [-0.2, -0.15) is 0 Å². The summed E-state index contributed by atoms with van der Waals surface area (Å²) >= 11 is 0. The smallest absolute Gasteiger partial charge is 0.407 e. The van der Waals surface area contributed by atoms with Crippen molar-refractivity contribution in [3.8, 4) is 0 Å². The number of hydrogen-bond donors (Lipinski definition) is 1. The third kappa shape index (κ3) is 5.53. The minimum absolute atomic E-state index is 0.151. The lowest BCUT2D eigenvalue weighted by Gasteiger charge is -2.05. The van der Waals surface area contributed by atoms with Gasteiger partial charge in [0.15, 0.2) is 0 Å². The number of hydrogen-bond acceptors (Lipinski definition) is 4. The van der Waals surface area contributed by atoms with Gasteiger partial charge in [-0.25, -0.2) is 9.18 Å². The molecule has 0 atom stereocenters. The molecule has 0 spiro atoms. The van der Waals surface area contributed by atoms with Gasteiger partial charge in [-0.05, 0) is 17.2 Å². The Morgan fingerprint density at radius 1 is 1.25 bits per heavy atom. The summed E-state index contributed by atoms with van der Waals surface area (Å²) in [5.74, 6) is -0.695. The van der Waals surface area contributed by atoms with E-state index >= 15 is 0 Å². The molecule has 0 heterocycles. The number of rotatable bonds is 6.